The Hall–Kier alpha value is -3.31. The summed E-state index contributed by atoms with van der Waals surface area (Å²) in [7, 11) is 1.11. The molecule has 5 nitrogen and oxygen atoms in total. The zero-order valence-corrected chi connectivity index (χ0v) is 16.0. The minimum absolute atomic E-state index is 0.195. The van der Waals surface area contributed by atoms with Gasteiger partial charge in [0.2, 0.25) is 0 Å². The molecule has 0 amide bonds. The third-order valence-electron chi connectivity index (χ3n) is 4.57. The van der Waals surface area contributed by atoms with E-state index >= 15 is 0 Å². The number of carbonyl (C=O) groups is 2. The highest BCUT2D eigenvalue weighted by Gasteiger charge is 2.77. The molecule has 1 unspecified atom stereocenters. The van der Waals surface area contributed by atoms with E-state index in [2.05, 4.69) is 4.74 Å². The first-order valence-corrected chi connectivity index (χ1v) is 8.81. The molecular weight excluding hydrogens is 453 g/mol. The fraction of sp³-hybridized carbons (Fsp3) is 0.300. The standard InChI is InChI=1S/C20H13F7O5/c1-30-11-7-14-16(12(28)9-13(31-14)10-5-3-2-4-6-10)15(8-11)32-17(29)18(21,22)19(23,24)20(25,26)27/h2-8,13H,9H2,1H3. The summed E-state index contributed by atoms with van der Waals surface area (Å²) in [5.74, 6) is -18.5. The first-order chi connectivity index (χ1) is 14.8. The van der Waals surface area contributed by atoms with Gasteiger partial charge in [0.05, 0.1) is 13.5 Å². The summed E-state index contributed by atoms with van der Waals surface area (Å²) in [6, 6.07) is 10.2. The van der Waals surface area contributed by atoms with Crippen molar-refractivity contribution in [1.82, 2.24) is 0 Å². The second-order valence-electron chi connectivity index (χ2n) is 6.68. The number of carbonyl (C=O) groups excluding carboxylic acids is 2. The van der Waals surface area contributed by atoms with Gasteiger partial charge >= 0.3 is 24.0 Å². The zero-order chi connectivity index (χ0) is 23.9. The molecule has 3 rings (SSSR count). The molecule has 0 saturated carbocycles. The summed E-state index contributed by atoms with van der Waals surface area (Å²) in [5, 5.41) is 0. The van der Waals surface area contributed by atoms with Crippen molar-refractivity contribution in [2.75, 3.05) is 7.11 Å². The Morgan fingerprint density at radius 2 is 1.66 bits per heavy atom. The smallest absolute Gasteiger partial charge is 0.460 e. The third-order valence-corrected chi connectivity index (χ3v) is 4.57. The number of fused-ring (bicyclic) bond motifs is 1. The lowest BCUT2D eigenvalue weighted by atomic mass is 9.95. The first-order valence-electron chi connectivity index (χ1n) is 8.81. The van der Waals surface area contributed by atoms with E-state index in [1.165, 1.54) is 0 Å². The Labute approximate surface area is 175 Å². The molecule has 0 aliphatic carbocycles. The molecule has 1 heterocycles. The highest BCUT2D eigenvalue weighted by Crippen LogP contribution is 2.48. The van der Waals surface area contributed by atoms with Crippen LogP contribution in [0.3, 0.4) is 0 Å². The summed E-state index contributed by atoms with van der Waals surface area (Å²) >= 11 is 0. The van der Waals surface area contributed by atoms with E-state index in [-0.39, 0.29) is 17.9 Å². The quantitative estimate of drug-likeness (QED) is 0.347. The van der Waals surface area contributed by atoms with Crippen LogP contribution in [0.5, 0.6) is 17.2 Å². The molecule has 0 saturated heterocycles. The number of ether oxygens (including phenoxy) is 3. The maximum atomic E-state index is 13.7. The highest BCUT2D eigenvalue weighted by atomic mass is 19.4. The zero-order valence-electron chi connectivity index (χ0n) is 16.0. The second kappa shape index (κ2) is 7.99. The van der Waals surface area contributed by atoms with E-state index in [1.807, 2.05) is 0 Å². The summed E-state index contributed by atoms with van der Waals surface area (Å²) in [6.07, 6.45) is -7.89. The van der Waals surface area contributed by atoms with Crippen LogP contribution in [0.4, 0.5) is 30.7 Å². The van der Waals surface area contributed by atoms with Crippen molar-refractivity contribution in [1.29, 1.82) is 0 Å². The van der Waals surface area contributed by atoms with Gasteiger partial charge in [0.25, 0.3) is 0 Å². The minimum atomic E-state index is -6.73. The Balaban J connectivity index is 1.99. The van der Waals surface area contributed by atoms with Crippen LogP contribution < -0.4 is 14.2 Å². The van der Waals surface area contributed by atoms with Crippen LogP contribution in [0.15, 0.2) is 42.5 Å². The van der Waals surface area contributed by atoms with Gasteiger partial charge in [-0.25, -0.2) is 4.79 Å². The van der Waals surface area contributed by atoms with Gasteiger partial charge in [0.1, 0.15) is 28.9 Å². The Kier molecular flexibility index (Phi) is 5.83. The normalized spacial score (nSPS) is 16.8. The number of esters is 1. The number of hydrogen-bond acceptors (Lipinski definition) is 5. The molecule has 0 fully saturated rings. The average Bonchev–Trinajstić information content (AvgIpc) is 2.72. The topological polar surface area (TPSA) is 61.8 Å². The number of alkyl halides is 7. The number of halogens is 7. The summed E-state index contributed by atoms with van der Waals surface area (Å²) in [4.78, 5) is 24.3. The molecular formula is C20H13F7O5. The molecule has 2 aromatic rings. The number of Topliss-reactive ketones (excluding diaryl/α,β-unsaturated/α-hetero) is 1. The minimum Gasteiger partial charge on any atom is -0.496 e. The predicted octanol–water partition coefficient (Wildman–Crippen LogP) is 5.14. The number of rotatable bonds is 5. The molecule has 1 aliphatic heterocycles. The molecule has 0 radical (unpaired) electrons. The van der Waals surface area contributed by atoms with Gasteiger partial charge in [-0.3, -0.25) is 4.79 Å². The molecule has 1 atom stereocenters. The van der Waals surface area contributed by atoms with E-state index in [9.17, 15) is 40.3 Å². The van der Waals surface area contributed by atoms with E-state index in [0.717, 1.165) is 19.2 Å². The molecule has 12 heteroatoms. The number of methoxy groups -OCH3 is 1. The molecule has 0 spiro atoms. The maximum absolute atomic E-state index is 13.7. The lowest BCUT2D eigenvalue weighted by Gasteiger charge is -2.29. The Bertz CT molecular complexity index is 1030. The summed E-state index contributed by atoms with van der Waals surface area (Å²) in [5.41, 5.74) is 0.00155. The van der Waals surface area contributed by atoms with Crippen molar-refractivity contribution < 1.29 is 54.5 Å². The van der Waals surface area contributed by atoms with Gasteiger partial charge in [-0.2, -0.15) is 30.7 Å². The largest absolute Gasteiger partial charge is 0.496 e. The van der Waals surface area contributed by atoms with Gasteiger partial charge in [0, 0.05) is 12.1 Å². The van der Waals surface area contributed by atoms with Crippen LogP contribution in [0.2, 0.25) is 0 Å². The SMILES string of the molecule is COc1cc(OC(=O)C(F)(F)C(F)(F)C(F)(F)F)c2c(c1)OC(c1ccccc1)CC2=O. The van der Waals surface area contributed by atoms with E-state index < -0.39 is 47.2 Å². The van der Waals surface area contributed by atoms with Gasteiger partial charge < -0.3 is 14.2 Å². The summed E-state index contributed by atoms with van der Waals surface area (Å²) < 4.78 is 105. The lowest BCUT2D eigenvalue weighted by Crippen LogP contribution is -2.57. The molecule has 172 valence electrons. The van der Waals surface area contributed by atoms with E-state index in [4.69, 9.17) is 9.47 Å². The van der Waals surface area contributed by atoms with Crippen molar-refractivity contribution in [3.63, 3.8) is 0 Å². The van der Waals surface area contributed by atoms with Crippen molar-refractivity contribution in [3.05, 3.63) is 53.6 Å². The third kappa shape index (κ3) is 3.96. The predicted molar refractivity (Wildman–Crippen MR) is 93.3 cm³/mol. The summed E-state index contributed by atoms with van der Waals surface area (Å²) in [6.45, 7) is 0. The highest BCUT2D eigenvalue weighted by molar-refractivity contribution is 6.03. The van der Waals surface area contributed by atoms with Gasteiger partial charge in [0.15, 0.2) is 5.78 Å². The number of ketones is 1. The number of hydrogen-bond donors (Lipinski definition) is 0. The fourth-order valence-corrected chi connectivity index (χ4v) is 2.92. The van der Waals surface area contributed by atoms with Crippen LogP contribution in [-0.2, 0) is 4.79 Å². The van der Waals surface area contributed by atoms with Crippen LogP contribution in [-0.4, -0.2) is 36.9 Å². The van der Waals surface area contributed by atoms with Crippen molar-refractivity contribution in [2.24, 2.45) is 0 Å². The lowest BCUT2D eigenvalue weighted by molar-refractivity contribution is -0.346. The van der Waals surface area contributed by atoms with E-state index in [1.54, 1.807) is 30.3 Å². The van der Waals surface area contributed by atoms with Crippen molar-refractivity contribution in [2.45, 2.75) is 30.5 Å². The molecule has 1 aliphatic rings. The van der Waals surface area contributed by atoms with Gasteiger partial charge in [-0.1, -0.05) is 30.3 Å². The molecule has 2 aromatic carbocycles. The monoisotopic (exact) mass is 466 g/mol. The Morgan fingerprint density at radius 1 is 1.03 bits per heavy atom. The van der Waals surface area contributed by atoms with Crippen molar-refractivity contribution >= 4 is 11.8 Å². The van der Waals surface area contributed by atoms with Gasteiger partial charge in [-0.05, 0) is 5.56 Å². The van der Waals surface area contributed by atoms with Crippen LogP contribution in [0.25, 0.3) is 0 Å². The van der Waals surface area contributed by atoms with Gasteiger partial charge in [-0.15, -0.1) is 0 Å². The molecule has 0 N–H and O–H groups in total. The fourth-order valence-electron chi connectivity index (χ4n) is 2.92. The Morgan fingerprint density at radius 3 is 2.22 bits per heavy atom. The van der Waals surface area contributed by atoms with Crippen LogP contribution in [0.1, 0.15) is 28.4 Å². The molecule has 0 aromatic heterocycles. The number of benzene rings is 2. The molecule has 32 heavy (non-hydrogen) atoms. The van der Waals surface area contributed by atoms with Crippen LogP contribution >= 0.6 is 0 Å². The van der Waals surface area contributed by atoms with Crippen molar-refractivity contribution in [3.8, 4) is 17.2 Å². The molecule has 0 bridgehead atoms. The second-order valence-corrected chi connectivity index (χ2v) is 6.68. The first kappa shape index (κ1) is 23.4. The maximum Gasteiger partial charge on any atom is 0.460 e. The van der Waals surface area contributed by atoms with E-state index in [0.29, 0.717) is 5.56 Å². The van der Waals surface area contributed by atoms with Crippen LogP contribution in [0, 0.1) is 0 Å². The average molecular weight is 466 g/mol.